The summed E-state index contributed by atoms with van der Waals surface area (Å²) < 4.78 is 0. The molecule has 0 atom stereocenters. The number of benzene rings is 1. The molecule has 0 saturated heterocycles. The van der Waals surface area contributed by atoms with Crippen LogP contribution in [0, 0.1) is 0 Å². The third-order valence-electron chi connectivity index (χ3n) is 1.78. The number of aromatic nitrogens is 2. The van der Waals surface area contributed by atoms with Gasteiger partial charge in [0, 0.05) is 0 Å². The van der Waals surface area contributed by atoms with E-state index in [9.17, 15) is 9.59 Å². The first-order valence-corrected chi connectivity index (χ1v) is 4.25. The zero-order valence-corrected chi connectivity index (χ0v) is 7.71. The van der Waals surface area contributed by atoms with Crippen molar-refractivity contribution in [3.8, 4) is 0 Å². The van der Waals surface area contributed by atoms with Crippen molar-refractivity contribution >= 4 is 33.7 Å². The van der Waals surface area contributed by atoms with Crippen molar-refractivity contribution in [3.05, 3.63) is 30.1 Å². The number of para-hydroxylation sites is 2. The van der Waals surface area contributed by atoms with E-state index in [0.29, 0.717) is 11.0 Å². The summed E-state index contributed by atoms with van der Waals surface area (Å²) in [7, 11) is 0. The molecule has 70 valence electrons. The van der Waals surface area contributed by atoms with E-state index in [1.807, 2.05) is 0 Å². The van der Waals surface area contributed by atoms with Crippen molar-refractivity contribution < 1.29 is 9.59 Å². The number of fused-ring (bicyclic) bond motifs is 1. The van der Waals surface area contributed by atoms with E-state index in [-0.39, 0.29) is 5.82 Å². The highest BCUT2D eigenvalue weighted by Crippen LogP contribution is 2.10. The third kappa shape index (κ3) is 1.40. The summed E-state index contributed by atoms with van der Waals surface area (Å²) in [6.07, 6.45) is 0. The summed E-state index contributed by atoms with van der Waals surface area (Å²) in [4.78, 5) is 28.3. The molecule has 0 aliphatic carbocycles. The van der Waals surface area contributed by atoms with Crippen molar-refractivity contribution in [2.45, 2.75) is 0 Å². The number of ketones is 1. The summed E-state index contributed by atoms with van der Waals surface area (Å²) in [5, 5.41) is -1.04. The summed E-state index contributed by atoms with van der Waals surface area (Å²) >= 11 is 5.04. The van der Waals surface area contributed by atoms with Gasteiger partial charge in [0.15, 0.2) is 5.82 Å². The van der Waals surface area contributed by atoms with Crippen LogP contribution in [0.25, 0.3) is 11.0 Å². The number of Topliss-reactive ketones (excluding diaryl/α,β-unsaturated/α-hetero) is 1. The van der Waals surface area contributed by atoms with Gasteiger partial charge in [-0.15, -0.1) is 0 Å². The molecule has 0 radical (unpaired) electrons. The standard InChI is InChI=1S/C9H5ClN2O2/c10-8(14)7(13)9-11-5-3-1-2-4-6(5)12-9/h1-4H,(H,11,12). The Balaban J connectivity index is 2.55. The van der Waals surface area contributed by atoms with E-state index in [2.05, 4.69) is 9.97 Å². The SMILES string of the molecule is O=C(Cl)C(=O)c1nc2ccccc2[nH]1. The topological polar surface area (TPSA) is 62.8 Å². The smallest absolute Gasteiger partial charge is 0.296 e. The first-order chi connectivity index (χ1) is 6.68. The molecule has 0 aliphatic heterocycles. The van der Waals surface area contributed by atoms with E-state index >= 15 is 0 Å². The number of nitrogens with zero attached hydrogens (tertiary/aromatic N) is 1. The number of hydrogen-bond acceptors (Lipinski definition) is 3. The summed E-state index contributed by atoms with van der Waals surface area (Å²) in [6.45, 7) is 0. The van der Waals surface area contributed by atoms with Gasteiger partial charge in [-0.25, -0.2) is 4.98 Å². The lowest BCUT2D eigenvalue weighted by Crippen LogP contribution is -2.09. The van der Waals surface area contributed by atoms with E-state index in [4.69, 9.17) is 11.6 Å². The van der Waals surface area contributed by atoms with E-state index in [1.54, 1.807) is 24.3 Å². The average Bonchev–Trinajstić information content (AvgIpc) is 2.59. The molecular formula is C9H5ClN2O2. The first kappa shape index (κ1) is 8.90. The quantitative estimate of drug-likeness (QED) is 0.462. The van der Waals surface area contributed by atoms with Crippen LogP contribution in [0.3, 0.4) is 0 Å². The van der Waals surface area contributed by atoms with Crippen LogP contribution in [-0.4, -0.2) is 21.0 Å². The zero-order chi connectivity index (χ0) is 10.1. The normalized spacial score (nSPS) is 10.4. The third-order valence-corrected chi connectivity index (χ3v) is 1.95. The van der Waals surface area contributed by atoms with Crippen LogP contribution in [0.2, 0.25) is 0 Å². The Kier molecular flexibility index (Phi) is 2.05. The zero-order valence-electron chi connectivity index (χ0n) is 6.95. The lowest BCUT2D eigenvalue weighted by atomic mass is 10.3. The molecule has 2 rings (SSSR count). The molecule has 0 aliphatic rings. The van der Waals surface area contributed by atoms with Gasteiger partial charge >= 0.3 is 0 Å². The van der Waals surface area contributed by atoms with Gasteiger partial charge < -0.3 is 4.98 Å². The van der Waals surface area contributed by atoms with Crippen molar-refractivity contribution in [2.24, 2.45) is 0 Å². The second-order valence-corrected chi connectivity index (χ2v) is 3.05. The van der Waals surface area contributed by atoms with E-state index in [0.717, 1.165) is 0 Å². The highest BCUT2D eigenvalue weighted by Gasteiger charge is 2.17. The minimum atomic E-state index is -1.04. The Morgan fingerprint density at radius 2 is 2.00 bits per heavy atom. The molecule has 0 unspecified atom stereocenters. The second kappa shape index (κ2) is 3.23. The van der Waals surface area contributed by atoms with Gasteiger partial charge in [-0.05, 0) is 23.7 Å². The molecule has 2 aromatic rings. The molecule has 1 N–H and O–H groups in total. The Labute approximate surface area is 83.9 Å². The van der Waals surface area contributed by atoms with Crippen LogP contribution in [0.4, 0.5) is 0 Å². The minimum Gasteiger partial charge on any atom is -0.335 e. The number of hydrogen-bond donors (Lipinski definition) is 1. The fourth-order valence-electron chi connectivity index (χ4n) is 1.15. The van der Waals surface area contributed by atoms with Gasteiger partial charge in [0.2, 0.25) is 0 Å². The number of imidazole rings is 1. The van der Waals surface area contributed by atoms with Crippen molar-refractivity contribution in [3.63, 3.8) is 0 Å². The fraction of sp³-hybridized carbons (Fsp3) is 0. The predicted molar refractivity (Wildman–Crippen MR) is 51.3 cm³/mol. The monoisotopic (exact) mass is 208 g/mol. The highest BCUT2D eigenvalue weighted by atomic mass is 35.5. The fourth-order valence-corrected chi connectivity index (χ4v) is 1.24. The first-order valence-electron chi connectivity index (χ1n) is 3.87. The minimum absolute atomic E-state index is 0.0220. The largest absolute Gasteiger partial charge is 0.335 e. The highest BCUT2D eigenvalue weighted by molar-refractivity contribution is 6.82. The summed E-state index contributed by atoms with van der Waals surface area (Å²) in [5.74, 6) is -0.839. The maximum atomic E-state index is 11.1. The maximum Gasteiger partial charge on any atom is 0.296 e. The molecule has 0 fully saturated rings. The molecule has 1 heterocycles. The lowest BCUT2D eigenvalue weighted by Gasteiger charge is -1.85. The summed E-state index contributed by atoms with van der Waals surface area (Å²) in [5.41, 5.74) is 1.34. The molecule has 5 heteroatoms. The summed E-state index contributed by atoms with van der Waals surface area (Å²) in [6, 6.07) is 7.09. The van der Waals surface area contributed by atoms with Crippen molar-refractivity contribution in [1.29, 1.82) is 0 Å². The molecular weight excluding hydrogens is 204 g/mol. The predicted octanol–water partition coefficient (Wildman–Crippen LogP) is 1.51. The molecule has 0 bridgehead atoms. The average molecular weight is 209 g/mol. The number of carbonyl (C=O) groups excluding carboxylic acids is 2. The Morgan fingerprint density at radius 3 is 2.64 bits per heavy atom. The maximum absolute atomic E-state index is 11.1. The van der Waals surface area contributed by atoms with Gasteiger partial charge in [-0.1, -0.05) is 12.1 Å². The number of rotatable bonds is 2. The number of halogens is 1. The van der Waals surface area contributed by atoms with Crippen LogP contribution < -0.4 is 0 Å². The number of carbonyl (C=O) groups is 2. The molecule has 1 aromatic heterocycles. The number of H-pyrrole nitrogens is 1. The van der Waals surface area contributed by atoms with Gasteiger partial charge in [0.1, 0.15) is 0 Å². The van der Waals surface area contributed by atoms with E-state index in [1.165, 1.54) is 0 Å². The number of aromatic amines is 1. The van der Waals surface area contributed by atoms with Crippen molar-refractivity contribution in [1.82, 2.24) is 9.97 Å². The van der Waals surface area contributed by atoms with Crippen LogP contribution in [-0.2, 0) is 4.79 Å². The van der Waals surface area contributed by atoms with Gasteiger partial charge in [0.05, 0.1) is 11.0 Å². The molecule has 0 spiro atoms. The lowest BCUT2D eigenvalue weighted by molar-refractivity contribution is -0.108. The van der Waals surface area contributed by atoms with Crippen LogP contribution in [0.5, 0.6) is 0 Å². The van der Waals surface area contributed by atoms with Crippen LogP contribution in [0.1, 0.15) is 10.6 Å². The molecule has 0 amide bonds. The Bertz CT molecular complexity index is 485. The number of nitrogens with one attached hydrogen (secondary N) is 1. The molecule has 1 aromatic carbocycles. The van der Waals surface area contributed by atoms with E-state index < -0.39 is 11.0 Å². The van der Waals surface area contributed by atoms with Gasteiger partial charge in [0.25, 0.3) is 11.0 Å². The molecule has 4 nitrogen and oxygen atoms in total. The molecule has 14 heavy (non-hydrogen) atoms. The van der Waals surface area contributed by atoms with Crippen LogP contribution >= 0.6 is 11.6 Å². The second-order valence-electron chi connectivity index (χ2n) is 2.71. The van der Waals surface area contributed by atoms with Gasteiger partial charge in [-0.2, -0.15) is 0 Å². The van der Waals surface area contributed by atoms with Crippen molar-refractivity contribution in [2.75, 3.05) is 0 Å². The molecule has 0 saturated carbocycles. The van der Waals surface area contributed by atoms with Gasteiger partial charge in [-0.3, -0.25) is 9.59 Å². The van der Waals surface area contributed by atoms with Crippen LogP contribution in [0.15, 0.2) is 24.3 Å². The Morgan fingerprint density at radius 1 is 1.29 bits per heavy atom. The Hall–Kier alpha value is -1.68.